The SMILES string of the molecule is CCC(O)CN1CN(c2ccc(C)cc2)C(=N)c2cn[nH]c21. The number of amidine groups is 1. The molecule has 22 heavy (non-hydrogen) atoms. The minimum atomic E-state index is -0.400. The molecule has 1 aliphatic rings. The van der Waals surface area contributed by atoms with E-state index in [9.17, 15) is 5.11 Å². The third-order valence-electron chi connectivity index (χ3n) is 4.02. The second-order valence-corrected chi connectivity index (χ2v) is 5.67. The van der Waals surface area contributed by atoms with Crippen molar-refractivity contribution < 1.29 is 5.11 Å². The second kappa shape index (κ2) is 5.81. The highest BCUT2D eigenvalue weighted by atomic mass is 16.3. The lowest BCUT2D eigenvalue weighted by Crippen LogP contribution is -2.49. The van der Waals surface area contributed by atoms with E-state index in [2.05, 4.69) is 10.2 Å². The fourth-order valence-corrected chi connectivity index (χ4v) is 2.62. The Morgan fingerprint density at radius 1 is 1.36 bits per heavy atom. The maximum Gasteiger partial charge on any atom is 0.139 e. The molecular weight excluding hydrogens is 278 g/mol. The number of β-amino-alcohol motifs (C(OH)–C–C–N with tert-alkyl or cyclic N) is 1. The molecule has 3 rings (SSSR count). The lowest BCUT2D eigenvalue weighted by molar-refractivity contribution is 0.175. The molecule has 1 atom stereocenters. The number of fused-ring (bicyclic) bond motifs is 1. The highest BCUT2D eigenvalue weighted by Gasteiger charge is 2.30. The number of anilines is 2. The van der Waals surface area contributed by atoms with Gasteiger partial charge in [0.05, 0.1) is 24.5 Å². The van der Waals surface area contributed by atoms with E-state index in [1.165, 1.54) is 5.56 Å². The molecule has 1 unspecified atom stereocenters. The molecule has 6 heteroatoms. The molecule has 1 aromatic carbocycles. The Hall–Kier alpha value is -2.34. The van der Waals surface area contributed by atoms with Crippen molar-refractivity contribution in [2.45, 2.75) is 26.4 Å². The monoisotopic (exact) mass is 299 g/mol. The molecule has 6 nitrogen and oxygen atoms in total. The standard InChI is InChI=1S/C16H21N5O/c1-3-13(22)9-20-10-21(12-6-4-11(2)5-7-12)15(17)14-8-18-19-16(14)20/h4-8,13,17,22H,3,9-10H2,1-2H3,(H,18,19). The molecule has 1 aliphatic heterocycles. The number of aromatic nitrogens is 2. The normalized spacial score (nSPS) is 15.9. The van der Waals surface area contributed by atoms with E-state index >= 15 is 0 Å². The average Bonchev–Trinajstić information content (AvgIpc) is 3.01. The van der Waals surface area contributed by atoms with Gasteiger partial charge in [0.1, 0.15) is 11.7 Å². The van der Waals surface area contributed by atoms with Gasteiger partial charge >= 0.3 is 0 Å². The zero-order valence-electron chi connectivity index (χ0n) is 12.9. The predicted octanol–water partition coefficient (Wildman–Crippen LogP) is 2.10. The van der Waals surface area contributed by atoms with Crippen LogP contribution in [0.3, 0.4) is 0 Å². The van der Waals surface area contributed by atoms with Crippen LogP contribution in [0.5, 0.6) is 0 Å². The number of hydrogen-bond acceptors (Lipinski definition) is 4. The van der Waals surface area contributed by atoms with Crippen molar-refractivity contribution in [2.24, 2.45) is 0 Å². The van der Waals surface area contributed by atoms with Gasteiger partial charge in [0.25, 0.3) is 0 Å². The molecule has 0 saturated carbocycles. The first kappa shape index (κ1) is 14.6. The van der Waals surface area contributed by atoms with Crippen LogP contribution in [0.1, 0.15) is 24.5 Å². The third-order valence-corrected chi connectivity index (χ3v) is 4.02. The number of nitrogens with zero attached hydrogens (tertiary/aromatic N) is 3. The number of aliphatic hydroxyl groups excluding tert-OH is 1. The van der Waals surface area contributed by atoms with Gasteiger partial charge in [0.2, 0.25) is 0 Å². The number of nitrogens with one attached hydrogen (secondary N) is 2. The summed E-state index contributed by atoms with van der Waals surface area (Å²) in [5, 5.41) is 25.4. The van der Waals surface area contributed by atoms with Crippen LogP contribution in [-0.4, -0.2) is 40.5 Å². The quantitative estimate of drug-likeness (QED) is 0.808. The van der Waals surface area contributed by atoms with Gasteiger partial charge in [0, 0.05) is 12.2 Å². The number of aryl methyl sites for hydroxylation is 1. The average molecular weight is 299 g/mol. The van der Waals surface area contributed by atoms with Crippen LogP contribution in [0, 0.1) is 12.3 Å². The first-order valence-electron chi connectivity index (χ1n) is 7.49. The topological polar surface area (TPSA) is 79.2 Å². The van der Waals surface area contributed by atoms with Crippen LogP contribution < -0.4 is 9.80 Å². The lowest BCUT2D eigenvalue weighted by atomic mass is 10.1. The highest BCUT2D eigenvalue weighted by Crippen LogP contribution is 2.28. The number of aromatic amines is 1. The van der Waals surface area contributed by atoms with Crippen molar-refractivity contribution in [2.75, 3.05) is 23.0 Å². The summed E-state index contributed by atoms with van der Waals surface area (Å²) in [6.07, 6.45) is 1.97. The Balaban J connectivity index is 1.93. The zero-order valence-corrected chi connectivity index (χ0v) is 12.9. The van der Waals surface area contributed by atoms with Crippen LogP contribution in [0.4, 0.5) is 11.5 Å². The molecular formula is C16H21N5O. The first-order chi connectivity index (χ1) is 10.6. The molecule has 2 heterocycles. The zero-order chi connectivity index (χ0) is 15.7. The minimum Gasteiger partial charge on any atom is -0.391 e. The van der Waals surface area contributed by atoms with Crippen LogP contribution >= 0.6 is 0 Å². The van der Waals surface area contributed by atoms with E-state index in [-0.39, 0.29) is 0 Å². The highest BCUT2D eigenvalue weighted by molar-refractivity contribution is 6.12. The first-order valence-corrected chi connectivity index (χ1v) is 7.49. The maximum absolute atomic E-state index is 9.98. The summed E-state index contributed by atoms with van der Waals surface area (Å²) in [5.74, 6) is 1.23. The number of hydrogen-bond donors (Lipinski definition) is 3. The fourth-order valence-electron chi connectivity index (χ4n) is 2.62. The van der Waals surface area contributed by atoms with Crippen molar-refractivity contribution in [1.82, 2.24) is 10.2 Å². The molecule has 2 aromatic rings. The Morgan fingerprint density at radius 2 is 2.09 bits per heavy atom. The minimum absolute atomic E-state index is 0.400. The summed E-state index contributed by atoms with van der Waals surface area (Å²) in [6.45, 7) is 5.04. The van der Waals surface area contributed by atoms with Gasteiger partial charge in [0.15, 0.2) is 0 Å². The van der Waals surface area contributed by atoms with Crippen molar-refractivity contribution in [3.63, 3.8) is 0 Å². The number of H-pyrrole nitrogens is 1. The Kier molecular flexibility index (Phi) is 3.85. The van der Waals surface area contributed by atoms with Gasteiger partial charge in [-0.05, 0) is 25.5 Å². The Bertz CT molecular complexity index is 663. The van der Waals surface area contributed by atoms with E-state index in [1.54, 1.807) is 6.20 Å². The van der Waals surface area contributed by atoms with Crippen LogP contribution in [-0.2, 0) is 0 Å². The van der Waals surface area contributed by atoms with E-state index in [0.29, 0.717) is 25.5 Å². The molecule has 0 saturated heterocycles. The summed E-state index contributed by atoms with van der Waals surface area (Å²) in [6, 6.07) is 8.12. The van der Waals surface area contributed by atoms with Crippen LogP contribution in [0.15, 0.2) is 30.5 Å². The lowest BCUT2D eigenvalue weighted by Gasteiger charge is -2.38. The molecule has 0 aliphatic carbocycles. The Labute approximate surface area is 129 Å². The Morgan fingerprint density at radius 3 is 2.77 bits per heavy atom. The summed E-state index contributed by atoms with van der Waals surface area (Å²) >= 11 is 0. The largest absolute Gasteiger partial charge is 0.391 e. The summed E-state index contributed by atoms with van der Waals surface area (Å²) in [4.78, 5) is 3.97. The van der Waals surface area contributed by atoms with Gasteiger partial charge in [-0.3, -0.25) is 10.5 Å². The molecule has 0 bridgehead atoms. The number of benzene rings is 1. The molecule has 3 N–H and O–H groups in total. The second-order valence-electron chi connectivity index (χ2n) is 5.67. The van der Waals surface area contributed by atoms with Crippen LogP contribution in [0.25, 0.3) is 0 Å². The van der Waals surface area contributed by atoms with E-state index in [0.717, 1.165) is 17.1 Å². The van der Waals surface area contributed by atoms with E-state index in [1.807, 2.05) is 47.9 Å². The molecule has 0 radical (unpaired) electrons. The van der Waals surface area contributed by atoms with E-state index in [4.69, 9.17) is 5.41 Å². The molecule has 0 fully saturated rings. The molecule has 1 aromatic heterocycles. The third kappa shape index (κ3) is 2.57. The predicted molar refractivity (Wildman–Crippen MR) is 87.6 cm³/mol. The van der Waals surface area contributed by atoms with Crippen molar-refractivity contribution >= 4 is 17.3 Å². The van der Waals surface area contributed by atoms with Gasteiger partial charge in [-0.15, -0.1) is 0 Å². The molecule has 116 valence electrons. The van der Waals surface area contributed by atoms with Crippen molar-refractivity contribution in [3.8, 4) is 0 Å². The number of rotatable bonds is 4. The van der Waals surface area contributed by atoms with Gasteiger partial charge < -0.3 is 14.9 Å². The fraction of sp³-hybridized carbons (Fsp3) is 0.375. The summed E-state index contributed by atoms with van der Waals surface area (Å²) in [5.41, 5.74) is 2.92. The van der Waals surface area contributed by atoms with Gasteiger partial charge in [-0.25, -0.2) is 0 Å². The summed E-state index contributed by atoms with van der Waals surface area (Å²) < 4.78 is 0. The van der Waals surface area contributed by atoms with Crippen molar-refractivity contribution in [1.29, 1.82) is 5.41 Å². The van der Waals surface area contributed by atoms with Crippen molar-refractivity contribution in [3.05, 3.63) is 41.6 Å². The maximum atomic E-state index is 9.98. The summed E-state index contributed by atoms with van der Waals surface area (Å²) in [7, 11) is 0. The molecule has 0 amide bonds. The van der Waals surface area contributed by atoms with Gasteiger partial charge in [-0.1, -0.05) is 24.6 Å². The molecule has 0 spiro atoms. The van der Waals surface area contributed by atoms with E-state index < -0.39 is 6.10 Å². The van der Waals surface area contributed by atoms with Gasteiger partial charge in [-0.2, -0.15) is 5.10 Å². The smallest absolute Gasteiger partial charge is 0.139 e. The van der Waals surface area contributed by atoms with Crippen LogP contribution in [0.2, 0.25) is 0 Å². The number of aliphatic hydroxyl groups is 1.